The number of piperazine rings is 1. The van der Waals surface area contributed by atoms with Crippen molar-refractivity contribution in [3.63, 3.8) is 0 Å². The molecule has 6 heteroatoms. The number of carbonyl (C=O) groups is 2. The van der Waals surface area contributed by atoms with E-state index in [1.807, 2.05) is 36.4 Å². The zero-order valence-corrected chi connectivity index (χ0v) is 14.7. The van der Waals surface area contributed by atoms with Crippen LogP contribution in [0.25, 0.3) is 11.1 Å². The highest BCUT2D eigenvalue weighted by atomic mass is 16.3. The maximum Gasteiger partial charge on any atom is 0.322 e. The van der Waals surface area contributed by atoms with Gasteiger partial charge in [0.25, 0.3) is 0 Å². The molecule has 26 heavy (non-hydrogen) atoms. The predicted molar refractivity (Wildman–Crippen MR) is 101 cm³/mol. The van der Waals surface area contributed by atoms with E-state index in [4.69, 9.17) is 5.11 Å². The monoisotopic (exact) mass is 353 g/mol. The van der Waals surface area contributed by atoms with Crippen LogP contribution in [0.15, 0.2) is 48.5 Å². The number of amides is 3. The maximum atomic E-state index is 12.6. The van der Waals surface area contributed by atoms with Gasteiger partial charge in [-0.25, -0.2) is 4.79 Å². The molecule has 0 aliphatic carbocycles. The number of rotatable bonds is 4. The number of anilines is 1. The van der Waals surface area contributed by atoms with Crippen molar-refractivity contribution in [2.75, 3.05) is 25.0 Å². The smallest absolute Gasteiger partial charge is 0.322 e. The van der Waals surface area contributed by atoms with E-state index in [9.17, 15) is 9.59 Å². The van der Waals surface area contributed by atoms with Crippen molar-refractivity contribution in [2.45, 2.75) is 19.4 Å². The first kappa shape index (κ1) is 17.9. The third-order valence-corrected chi connectivity index (χ3v) is 4.59. The number of carbonyl (C=O) groups excluding carboxylic acids is 2. The van der Waals surface area contributed by atoms with Crippen LogP contribution in [0.4, 0.5) is 10.5 Å². The molecule has 0 aromatic heterocycles. The minimum Gasteiger partial charge on any atom is -0.396 e. The molecular formula is C20H23N3O3. The molecule has 0 spiro atoms. The normalized spacial score (nSPS) is 16.9. The summed E-state index contributed by atoms with van der Waals surface area (Å²) in [6.45, 7) is 2.75. The number of hydrogen-bond donors (Lipinski definition) is 3. The Bertz CT molecular complexity index is 789. The molecule has 2 aromatic rings. The fraction of sp³-hybridized carbons (Fsp3) is 0.300. The van der Waals surface area contributed by atoms with E-state index in [-0.39, 0.29) is 25.0 Å². The van der Waals surface area contributed by atoms with Gasteiger partial charge in [0.1, 0.15) is 6.04 Å². The molecule has 136 valence electrons. The van der Waals surface area contributed by atoms with Gasteiger partial charge in [-0.1, -0.05) is 36.4 Å². The van der Waals surface area contributed by atoms with Crippen molar-refractivity contribution in [1.82, 2.24) is 10.2 Å². The van der Waals surface area contributed by atoms with Crippen LogP contribution in [0, 0.1) is 6.92 Å². The number of nitrogens with one attached hydrogen (secondary N) is 2. The van der Waals surface area contributed by atoms with E-state index in [1.54, 1.807) is 0 Å². The number of aliphatic hydroxyl groups is 1. The molecule has 1 atom stereocenters. The second-order valence-corrected chi connectivity index (χ2v) is 6.33. The third kappa shape index (κ3) is 3.86. The molecule has 1 saturated heterocycles. The SMILES string of the molecule is Cc1ccccc1-c1ccc(NC(=O)N2CCNC(=O)[C@@H]2CCO)cc1. The number of urea groups is 1. The van der Waals surface area contributed by atoms with Gasteiger partial charge in [-0.05, 0) is 42.2 Å². The molecule has 0 saturated carbocycles. The predicted octanol–water partition coefficient (Wildman–Crippen LogP) is 2.38. The first-order valence-electron chi connectivity index (χ1n) is 8.72. The van der Waals surface area contributed by atoms with Crippen LogP contribution in [0.5, 0.6) is 0 Å². The van der Waals surface area contributed by atoms with Gasteiger partial charge in [-0.2, -0.15) is 0 Å². The topological polar surface area (TPSA) is 81.7 Å². The second kappa shape index (κ2) is 8.01. The summed E-state index contributed by atoms with van der Waals surface area (Å²) in [5.74, 6) is -0.227. The van der Waals surface area contributed by atoms with Crippen molar-refractivity contribution < 1.29 is 14.7 Å². The molecule has 0 bridgehead atoms. The minimum absolute atomic E-state index is 0.146. The first-order chi connectivity index (χ1) is 12.6. The van der Waals surface area contributed by atoms with Crippen molar-refractivity contribution >= 4 is 17.6 Å². The zero-order chi connectivity index (χ0) is 18.5. The fourth-order valence-corrected chi connectivity index (χ4v) is 3.19. The third-order valence-electron chi connectivity index (χ3n) is 4.59. The number of hydrogen-bond acceptors (Lipinski definition) is 3. The average molecular weight is 353 g/mol. The molecule has 2 aromatic carbocycles. The van der Waals surface area contributed by atoms with Gasteiger partial charge < -0.3 is 20.6 Å². The van der Waals surface area contributed by atoms with E-state index >= 15 is 0 Å². The van der Waals surface area contributed by atoms with Gasteiger partial charge in [-0.15, -0.1) is 0 Å². The van der Waals surface area contributed by atoms with E-state index in [0.29, 0.717) is 18.8 Å². The van der Waals surface area contributed by atoms with Gasteiger partial charge in [-0.3, -0.25) is 4.79 Å². The van der Waals surface area contributed by atoms with Gasteiger partial charge >= 0.3 is 6.03 Å². The number of aliphatic hydroxyl groups excluding tert-OH is 1. The summed E-state index contributed by atoms with van der Waals surface area (Å²) in [6, 6.07) is 14.8. The highest BCUT2D eigenvalue weighted by Crippen LogP contribution is 2.24. The van der Waals surface area contributed by atoms with Crippen LogP contribution in [0.3, 0.4) is 0 Å². The van der Waals surface area contributed by atoms with Crippen molar-refractivity contribution in [2.24, 2.45) is 0 Å². The zero-order valence-electron chi connectivity index (χ0n) is 14.7. The van der Waals surface area contributed by atoms with Crippen LogP contribution in [0.1, 0.15) is 12.0 Å². The molecule has 3 N–H and O–H groups in total. The van der Waals surface area contributed by atoms with E-state index in [2.05, 4.69) is 29.7 Å². The highest BCUT2D eigenvalue weighted by Gasteiger charge is 2.32. The molecule has 1 aliphatic heterocycles. The van der Waals surface area contributed by atoms with Gasteiger partial charge in [0.2, 0.25) is 5.91 Å². The standard InChI is InChI=1S/C20H23N3O3/c1-14-4-2-3-5-17(14)15-6-8-16(9-7-15)22-20(26)23-12-11-21-19(25)18(23)10-13-24/h2-9,18,24H,10-13H2,1H3,(H,21,25)(H,22,26)/t18-/m0/s1. The average Bonchev–Trinajstić information content (AvgIpc) is 2.65. The van der Waals surface area contributed by atoms with Gasteiger partial charge in [0, 0.05) is 25.4 Å². The van der Waals surface area contributed by atoms with Crippen LogP contribution < -0.4 is 10.6 Å². The second-order valence-electron chi connectivity index (χ2n) is 6.33. The summed E-state index contributed by atoms with van der Waals surface area (Å²) >= 11 is 0. The van der Waals surface area contributed by atoms with Crippen molar-refractivity contribution in [3.05, 3.63) is 54.1 Å². The summed E-state index contributed by atoms with van der Waals surface area (Å²) in [6.07, 6.45) is 0.228. The molecule has 0 unspecified atom stereocenters. The first-order valence-corrected chi connectivity index (χ1v) is 8.72. The van der Waals surface area contributed by atoms with Gasteiger partial charge in [0.15, 0.2) is 0 Å². The van der Waals surface area contributed by atoms with E-state index in [1.165, 1.54) is 10.5 Å². The Labute approximate surface area is 152 Å². The van der Waals surface area contributed by atoms with E-state index in [0.717, 1.165) is 11.1 Å². The molecule has 1 heterocycles. The lowest BCUT2D eigenvalue weighted by atomic mass is 10.0. The minimum atomic E-state index is -0.639. The fourth-order valence-electron chi connectivity index (χ4n) is 3.19. The Hall–Kier alpha value is -2.86. The molecule has 1 aliphatic rings. The molecule has 3 rings (SSSR count). The Morgan fingerprint density at radius 3 is 2.65 bits per heavy atom. The summed E-state index contributed by atoms with van der Waals surface area (Å²) in [5.41, 5.74) is 4.09. The Morgan fingerprint density at radius 2 is 1.96 bits per heavy atom. The Morgan fingerprint density at radius 1 is 1.23 bits per heavy atom. The van der Waals surface area contributed by atoms with Crippen molar-refractivity contribution in [1.29, 1.82) is 0 Å². The largest absolute Gasteiger partial charge is 0.396 e. The Balaban J connectivity index is 1.71. The molecule has 6 nitrogen and oxygen atoms in total. The molecule has 1 fully saturated rings. The van der Waals surface area contributed by atoms with Crippen LogP contribution in [-0.2, 0) is 4.79 Å². The summed E-state index contributed by atoms with van der Waals surface area (Å²) in [7, 11) is 0. The summed E-state index contributed by atoms with van der Waals surface area (Å²) in [4.78, 5) is 26.0. The number of benzene rings is 2. The Kier molecular flexibility index (Phi) is 5.53. The van der Waals surface area contributed by atoms with E-state index < -0.39 is 6.04 Å². The highest BCUT2D eigenvalue weighted by molar-refractivity contribution is 5.94. The lowest BCUT2D eigenvalue weighted by Gasteiger charge is -2.34. The molecular weight excluding hydrogens is 330 g/mol. The van der Waals surface area contributed by atoms with Gasteiger partial charge in [0.05, 0.1) is 0 Å². The summed E-state index contributed by atoms with van der Waals surface area (Å²) < 4.78 is 0. The lowest BCUT2D eigenvalue weighted by molar-refractivity contribution is -0.128. The lowest BCUT2D eigenvalue weighted by Crippen LogP contribution is -2.58. The van der Waals surface area contributed by atoms with Crippen molar-refractivity contribution in [3.8, 4) is 11.1 Å². The number of aryl methyl sites for hydroxylation is 1. The molecule has 0 radical (unpaired) electrons. The van der Waals surface area contributed by atoms with Crippen LogP contribution in [-0.4, -0.2) is 47.7 Å². The maximum absolute atomic E-state index is 12.6. The molecule has 3 amide bonds. The quantitative estimate of drug-likeness (QED) is 0.789. The number of nitrogens with zero attached hydrogens (tertiary/aromatic N) is 1. The van der Waals surface area contributed by atoms with Crippen LogP contribution in [0.2, 0.25) is 0 Å². The summed E-state index contributed by atoms with van der Waals surface area (Å²) in [5, 5.41) is 14.7. The van der Waals surface area contributed by atoms with Crippen LogP contribution >= 0.6 is 0 Å².